The molecule has 134 valence electrons. The van der Waals surface area contributed by atoms with Gasteiger partial charge in [-0.15, -0.1) is 0 Å². The van der Waals surface area contributed by atoms with E-state index in [1.165, 1.54) is 11.3 Å². The van der Waals surface area contributed by atoms with E-state index in [9.17, 15) is 4.79 Å². The molecule has 0 N–H and O–H groups in total. The third kappa shape index (κ3) is 2.90. The van der Waals surface area contributed by atoms with Crippen LogP contribution in [0.25, 0.3) is 16.4 Å². The van der Waals surface area contributed by atoms with Crippen molar-refractivity contribution in [3.63, 3.8) is 0 Å². The lowest BCUT2D eigenvalue weighted by atomic mass is 10.2. The maximum Gasteiger partial charge on any atom is 0.284 e. The van der Waals surface area contributed by atoms with Gasteiger partial charge in [0.05, 0.1) is 4.70 Å². The minimum Gasteiger partial charge on any atom is -0.266 e. The number of benzene rings is 2. The van der Waals surface area contributed by atoms with Crippen molar-refractivity contribution >= 4 is 44.6 Å². The summed E-state index contributed by atoms with van der Waals surface area (Å²) in [6, 6.07) is 23.2. The first-order valence-corrected chi connectivity index (χ1v) is 9.58. The summed E-state index contributed by atoms with van der Waals surface area (Å²) in [6.07, 6.45) is 3.50. The van der Waals surface area contributed by atoms with Gasteiger partial charge in [-0.25, -0.2) is 14.9 Å². The largest absolute Gasteiger partial charge is 0.284 e. The zero-order valence-electron chi connectivity index (χ0n) is 14.7. The number of anilines is 1. The topological polar surface area (TPSA) is 58.5 Å². The number of thiazole rings is 1. The van der Waals surface area contributed by atoms with E-state index >= 15 is 0 Å². The van der Waals surface area contributed by atoms with Gasteiger partial charge in [0.2, 0.25) is 5.13 Å². The third-order valence-corrected chi connectivity index (χ3v) is 5.34. The first-order valence-electron chi connectivity index (χ1n) is 8.76. The Labute approximate surface area is 165 Å². The van der Waals surface area contributed by atoms with Crippen LogP contribution >= 0.6 is 11.3 Å². The Morgan fingerprint density at radius 2 is 1.64 bits per heavy atom. The summed E-state index contributed by atoms with van der Waals surface area (Å²) in [5.41, 5.74) is 2.80. The molecule has 0 aliphatic carbocycles. The van der Waals surface area contributed by atoms with Crippen molar-refractivity contribution < 1.29 is 4.79 Å². The Balaban J connectivity index is 1.65. The molecule has 0 radical (unpaired) electrons. The highest BCUT2D eigenvalue weighted by molar-refractivity contribution is 7.22. The summed E-state index contributed by atoms with van der Waals surface area (Å²) < 4.78 is 0.929. The summed E-state index contributed by atoms with van der Waals surface area (Å²) in [5.74, 6) is 0.383. The second-order valence-electron chi connectivity index (χ2n) is 6.20. The minimum atomic E-state index is -0.193. The molecule has 0 fully saturated rings. The predicted octanol–water partition coefficient (Wildman–Crippen LogP) is 4.53. The van der Waals surface area contributed by atoms with E-state index in [4.69, 9.17) is 0 Å². The number of nitrogens with zero attached hydrogens (tertiary/aromatic N) is 4. The molecule has 0 unspecified atom stereocenters. The number of hydrogen-bond acceptors (Lipinski definition) is 5. The lowest BCUT2D eigenvalue weighted by molar-refractivity contribution is -0.113. The molecule has 5 nitrogen and oxygen atoms in total. The van der Waals surface area contributed by atoms with Gasteiger partial charge in [0, 0.05) is 11.8 Å². The zero-order valence-corrected chi connectivity index (χ0v) is 15.5. The fourth-order valence-electron chi connectivity index (χ4n) is 3.04. The summed E-state index contributed by atoms with van der Waals surface area (Å²) in [5, 5.41) is 0.567. The first kappa shape index (κ1) is 16.5. The number of aromatic nitrogens is 2. The molecule has 0 saturated carbocycles. The number of fused-ring (bicyclic) bond motifs is 1. The average molecular weight is 382 g/mol. The van der Waals surface area contributed by atoms with Gasteiger partial charge in [-0.1, -0.05) is 72.0 Å². The van der Waals surface area contributed by atoms with Crippen LogP contribution < -0.4 is 4.90 Å². The second kappa shape index (κ2) is 6.83. The van der Waals surface area contributed by atoms with Crippen LogP contribution in [0.2, 0.25) is 0 Å². The number of rotatable bonds is 3. The van der Waals surface area contributed by atoms with Crippen LogP contribution in [-0.2, 0) is 4.79 Å². The zero-order chi connectivity index (χ0) is 18.9. The molecule has 2 aromatic carbocycles. The number of pyridine rings is 1. The predicted molar refractivity (Wildman–Crippen MR) is 112 cm³/mol. The van der Waals surface area contributed by atoms with Crippen LogP contribution in [0.4, 0.5) is 5.13 Å². The van der Waals surface area contributed by atoms with Crippen molar-refractivity contribution in [2.75, 3.05) is 4.90 Å². The lowest BCUT2D eigenvalue weighted by Gasteiger charge is -2.14. The summed E-state index contributed by atoms with van der Waals surface area (Å²) in [6.45, 7) is 0. The molecule has 0 spiro atoms. The summed E-state index contributed by atoms with van der Waals surface area (Å²) in [7, 11) is 0. The molecule has 28 heavy (non-hydrogen) atoms. The number of amides is 1. The van der Waals surface area contributed by atoms with Crippen LogP contribution in [-0.4, -0.2) is 21.7 Å². The van der Waals surface area contributed by atoms with Crippen molar-refractivity contribution in [3.8, 4) is 0 Å². The Kier molecular flexibility index (Phi) is 4.03. The molecule has 3 heterocycles. The number of hydrogen-bond donors (Lipinski definition) is 0. The number of carbonyl (C=O) groups is 1. The molecule has 0 bridgehead atoms. The first-order chi connectivity index (χ1) is 13.8. The lowest BCUT2D eigenvalue weighted by Crippen LogP contribution is -2.32. The number of amidine groups is 1. The van der Waals surface area contributed by atoms with Crippen molar-refractivity contribution in [2.45, 2.75) is 0 Å². The van der Waals surface area contributed by atoms with E-state index in [1.807, 2.05) is 72.8 Å². The monoisotopic (exact) mass is 382 g/mol. The molecule has 1 aliphatic rings. The Hall–Kier alpha value is -3.64. The molecule has 4 aromatic rings. The van der Waals surface area contributed by atoms with Crippen molar-refractivity contribution in [1.29, 1.82) is 0 Å². The third-order valence-electron chi connectivity index (χ3n) is 4.34. The van der Waals surface area contributed by atoms with Crippen LogP contribution in [0.1, 0.15) is 11.1 Å². The van der Waals surface area contributed by atoms with Crippen LogP contribution in [0.15, 0.2) is 89.7 Å². The number of carbonyl (C=O) groups excluding carboxylic acids is 1. The van der Waals surface area contributed by atoms with Gasteiger partial charge in [0.15, 0.2) is 5.65 Å². The quantitative estimate of drug-likeness (QED) is 0.489. The van der Waals surface area contributed by atoms with E-state index in [2.05, 4.69) is 15.0 Å². The molecular weight excluding hydrogens is 368 g/mol. The highest BCUT2D eigenvalue weighted by atomic mass is 32.1. The van der Waals surface area contributed by atoms with Crippen molar-refractivity contribution in [2.24, 2.45) is 4.99 Å². The second-order valence-corrected chi connectivity index (χ2v) is 7.21. The van der Waals surface area contributed by atoms with Gasteiger partial charge in [-0.3, -0.25) is 4.79 Å². The SMILES string of the molecule is O=C1C(=Cc2ccccc2)N=C(c2ccccc2)N1c1nc2ncccc2s1. The fourth-order valence-corrected chi connectivity index (χ4v) is 3.96. The highest BCUT2D eigenvalue weighted by Crippen LogP contribution is 2.33. The van der Waals surface area contributed by atoms with Gasteiger partial charge in [0.25, 0.3) is 5.91 Å². The van der Waals surface area contributed by atoms with Gasteiger partial charge < -0.3 is 0 Å². The van der Waals surface area contributed by atoms with Crippen LogP contribution in [0.5, 0.6) is 0 Å². The van der Waals surface area contributed by atoms with Gasteiger partial charge in [-0.2, -0.15) is 4.98 Å². The standard InChI is InChI=1S/C22H14N4OS/c27-21-17(14-15-8-3-1-4-9-15)24-20(16-10-5-2-6-11-16)26(21)22-25-19-18(28-22)12-7-13-23-19/h1-14H. The molecule has 0 atom stereocenters. The Bertz CT molecular complexity index is 1200. The Morgan fingerprint density at radius 1 is 0.893 bits per heavy atom. The van der Waals surface area contributed by atoms with E-state index in [0.717, 1.165) is 15.8 Å². The van der Waals surface area contributed by atoms with E-state index < -0.39 is 0 Å². The van der Waals surface area contributed by atoms with E-state index in [0.29, 0.717) is 22.3 Å². The summed E-state index contributed by atoms with van der Waals surface area (Å²) >= 11 is 1.43. The van der Waals surface area contributed by atoms with Gasteiger partial charge >= 0.3 is 0 Å². The molecule has 1 amide bonds. The maximum atomic E-state index is 13.3. The molecule has 6 heteroatoms. The number of aliphatic imine (C=N–C) groups is 1. The molecule has 5 rings (SSSR count). The van der Waals surface area contributed by atoms with Gasteiger partial charge in [0.1, 0.15) is 11.5 Å². The molecular formula is C22H14N4OS. The fraction of sp³-hybridized carbons (Fsp3) is 0. The van der Waals surface area contributed by atoms with Crippen LogP contribution in [0.3, 0.4) is 0 Å². The minimum absolute atomic E-state index is 0.193. The summed E-state index contributed by atoms with van der Waals surface area (Å²) in [4.78, 5) is 28.4. The smallest absolute Gasteiger partial charge is 0.266 e. The van der Waals surface area contributed by atoms with Crippen molar-refractivity contribution in [1.82, 2.24) is 9.97 Å². The molecule has 0 saturated heterocycles. The maximum absolute atomic E-state index is 13.3. The van der Waals surface area contributed by atoms with Gasteiger partial charge in [-0.05, 0) is 23.8 Å². The van der Waals surface area contributed by atoms with E-state index in [-0.39, 0.29) is 5.91 Å². The van der Waals surface area contributed by atoms with E-state index in [1.54, 1.807) is 17.2 Å². The molecule has 2 aromatic heterocycles. The molecule has 1 aliphatic heterocycles. The van der Waals surface area contributed by atoms with Crippen LogP contribution in [0, 0.1) is 0 Å². The highest BCUT2D eigenvalue weighted by Gasteiger charge is 2.34. The average Bonchev–Trinajstić information content (AvgIpc) is 3.30. The Morgan fingerprint density at radius 3 is 2.39 bits per heavy atom. The van der Waals surface area contributed by atoms with Crippen molar-refractivity contribution in [3.05, 3.63) is 95.8 Å². The normalized spacial score (nSPS) is 15.4.